The van der Waals surface area contributed by atoms with Gasteiger partial charge in [0.15, 0.2) is 0 Å². The number of piperidine rings is 1. The van der Waals surface area contributed by atoms with Crippen LogP contribution in [0.2, 0.25) is 0 Å². The molecule has 1 saturated heterocycles. The largest absolute Gasteiger partial charge is 0.389 e. The molecule has 1 heterocycles. The van der Waals surface area contributed by atoms with Gasteiger partial charge >= 0.3 is 0 Å². The van der Waals surface area contributed by atoms with Crippen LogP contribution in [0.5, 0.6) is 0 Å². The van der Waals surface area contributed by atoms with Crippen molar-refractivity contribution in [2.45, 2.75) is 37.7 Å². The third-order valence-corrected chi connectivity index (χ3v) is 5.34. The second-order valence-electron chi connectivity index (χ2n) is 5.68. The minimum atomic E-state index is -0.488. The first-order valence-electron chi connectivity index (χ1n) is 7.22. The second kappa shape index (κ2) is 6.95. The zero-order valence-corrected chi connectivity index (χ0v) is 12.6. The van der Waals surface area contributed by atoms with Gasteiger partial charge in [-0.3, -0.25) is 4.79 Å². The molecule has 110 valence electrons. The van der Waals surface area contributed by atoms with Gasteiger partial charge in [-0.05, 0) is 19.3 Å². The molecule has 1 aliphatic heterocycles. The minimum Gasteiger partial charge on any atom is -0.389 e. The Morgan fingerprint density at radius 1 is 1.47 bits per heavy atom. The second-order valence-corrected chi connectivity index (χ2v) is 6.79. The van der Waals surface area contributed by atoms with Crippen LogP contribution in [0.15, 0.2) is 0 Å². The number of carbonyl (C=O) groups is 1. The molecule has 2 unspecified atom stereocenters. The summed E-state index contributed by atoms with van der Waals surface area (Å²) in [6.45, 7) is 2.16. The van der Waals surface area contributed by atoms with Crippen molar-refractivity contribution < 1.29 is 14.6 Å². The molecule has 5 heteroatoms. The van der Waals surface area contributed by atoms with Gasteiger partial charge in [0.05, 0.1) is 18.0 Å². The molecule has 0 aromatic heterocycles. The first kappa shape index (κ1) is 15.1. The Hall–Kier alpha value is -0.260. The maximum Gasteiger partial charge on any atom is 0.232 e. The normalized spacial score (nSPS) is 31.1. The third-order valence-electron chi connectivity index (χ3n) is 4.44. The number of hydrogen-bond donors (Lipinski definition) is 1. The van der Waals surface area contributed by atoms with Gasteiger partial charge in [-0.1, -0.05) is 12.8 Å². The van der Waals surface area contributed by atoms with E-state index in [1.807, 2.05) is 4.90 Å². The molecular formula is C14H25NO3S. The Balaban J connectivity index is 1.78. The average Bonchev–Trinajstić information content (AvgIpc) is 2.42. The van der Waals surface area contributed by atoms with Crippen molar-refractivity contribution in [2.75, 3.05) is 38.3 Å². The summed E-state index contributed by atoms with van der Waals surface area (Å²) in [6, 6.07) is 0. The molecule has 0 aromatic carbocycles. The van der Waals surface area contributed by atoms with Crippen LogP contribution in [-0.2, 0) is 9.53 Å². The number of nitrogens with zero attached hydrogens (tertiary/aromatic N) is 1. The van der Waals surface area contributed by atoms with Gasteiger partial charge in [0, 0.05) is 31.9 Å². The standard InChI is InChI=1S/C14H25NO3S/c1-18-8-9-19-11-13(16)15-7-6-14(17)5-3-2-4-12(14)10-15/h12,17H,2-11H2,1H3. The molecule has 1 saturated carbocycles. The van der Waals surface area contributed by atoms with E-state index in [9.17, 15) is 9.90 Å². The number of likely N-dealkylation sites (tertiary alicyclic amines) is 1. The molecule has 4 nitrogen and oxygen atoms in total. The van der Waals surface area contributed by atoms with Crippen molar-refractivity contribution in [3.05, 3.63) is 0 Å². The lowest BCUT2D eigenvalue weighted by Gasteiger charge is -2.47. The average molecular weight is 287 g/mol. The van der Waals surface area contributed by atoms with E-state index in [-0.39, 0.29) is 5.91 Å². The number of thioether (sulfide) groups is 1. The predicted molar refractivity (Wildman–Crippen MR) is 77.3 cm³/mol. The number of ether oxygens (including phenoxy) is 1. The molecule has 2 rings (SSSR count). The summed E-state index contributed by atoms with van der Waals surface area (Å²) in [4.78, 5) is 14.1. The summed E-state index contributed by atoms with van der Waals surface area (Å²) in [5, 5.41) is 10.6. The maximum absolute atomic E-state index is 12.1. The Kier molecular flexibility index (Phi) is 5.54. The van der Waals surface area contributed by atoms with Gasteiger partial charge in [0.1, 0.15) is 0 Å². The van der Waals surface area contributed by atoms with E-state index in [2.05, 4.69) is 0 Å². The van der Waals surface area contributed by atoms with E-state index >= 15 is 0 Å². The fourth-order valence-electron chi connectivity index (χ4n) is 3.19. The number of carbonyl (C=O) groups excluding carboxylic acids is 1. The first-order chi connectivity index (χ1) is 9.15. The fraction of sp³-hybridized carbons (Fsp3) is 0.929. The topological polar surface area (TPSA) is 49.8 Å². The molecule has 0 bridgehead atoms. The molecule has 1 aliphatic carbocycles. The highest BCUT2D eigenvalue weighted by atomic mass is 32.2. The van der Waals surface area contributed by atoms with Crippen molar-refractivity contribution in [1.29, 1.82) is 0 Å². The van der Waals surface area contributed by atoms with Crippen molar-refractivity contribution in [1.82, 2.24) is 4.90 Å². The Bertz CT molecular complexity index is 313. The van der Waals surface area contributed by atoms with Crippen LogP contribution in [0.25, 0.3) is 0 Å². The van der Waals surface area contributed by atoms with E-state index in [4.69, 9.17) is 4.74 Å². The number of hydrogen-bond acceptors (Lipinski definition) is 4. The van der Waals surface area contributed by atoms with Gasteiger partial charge in [-0.2, -0.15) is 0 Å². The summed E-state index contributed by atoms with van der Waals surface area (Å²) in [5.74, 6) is 1.91. The lowest BCUT2D eigenvalue weighted by atomic mass is 9.71. The van der Waals surface area contributed by atoms with Gasteiger partial charge in [-0.25, -0.2) is 0 Å². The molecule has 1 amide bonds. The summed E-state index contributed by atoms with van der Waals surface area (Å²) in [5.41, 5.74) is -0.488. The van der Waals surface area contributed by atoms with Crippen LogP contribution in [0.3, 0.4) is 0 Å². The van der Waals surface area contributed by atoms with Crippen LogP contribution in [0.4, 0.5) is 0 Å². The zero-order valence-electron chi connectivity index (χ0n) is 11.8. The molecule has 2 atom stereocenters. The number of amides is 1. The van der Waals surface area contributed by atoms with E-state index in [1.54, 1.807) is 18.9 Å². The Labute approximate surface area is 119 Å². The highest BCUT2D eigenvalue weighted by molar-refractivity contribution is 7.99. The lowest BCUT2D eigenvalue weighted by Crippen LogP contribution is -2.55. The molecule has 2 fully saturated rings. The van der Waals surface area contributed by atoms with Crippen LogP contribution < -0.4 is 0 Å². The van der Waals surface area contributed by atoms with Gasteiger partial charge in [-0.15, -0.1) is 11.8 Å². The van der Waals surface area contributed by atoms with Gasteiger partial charge < -0.3 is 14.7 Å². The molecular weight excluding hydrogens is 262 g/mol. The monoisotopic (exact) mass is 287 g/mol. The van der Waals surface area contributed by atoms with Gasteiger partial charge in [0.2, 0.25) is 5.91 Å². The van der Waals surface area contributed by atoms with Crippen molar-refractivity contribution in [3.63, 3.8) is 0 Å². The predicted octanol–water partition coefficient (Wildman–Crippen LogP) is 1.52. The number of rotatable bonds is 5. The summed E-state index contributed by atoms with van der Waals surface area (Å²) >= 11 is 1.63. The molecule has 2 aliphatic rings. The Morgan fingerprint density at radius 2 is 2.32 bits per heavy atom. The maximum atomic E-state index is 12.1. The molecule has 0 aromatic rings. The number of aliphatic hydroxyl groups is 1. The summed E-state index contributed by atoms with van der Waals surface area (Å²) < 4.78 is 4.97. The van der Waals surface area contributed by atoms with Crippen molar-refractivity contribution in [3.8, 4) is 0 Å². The third kappa shape index (κ3) is 3.86. The smallest absolute Gasteiger partial charge is 0.232 e. The van der Waals surface area contributed by atoms with Crippen molar-refractivity contribution in [2.24, 2.45) is 5.92 Å². The minimum absolute atomic E-state index is 0.216. The Morgan fingerprint density at radius 3 is 3.11 bits per heavy atom. The van der Waals surface area contributed by atoms with Crippen LogP contribution in [0.1, 0.15) is 32.1 Å². The van der Waals surface area contributed by atoms with E-state index in [0.717, 1.165) is 44.5 Å². The molecule has 0 spiro atoms. The molecule has 19 heavy (non-hydrogen) atoms. The SMILES string of the molecule is COCCSCC(=O)N1CCC2(O)CCCCC2C1. The van der Waals surface area contributed by atoms with Crippen LogP contribution >= 0.6 is 11.8 Å². The van der Waals surface area contributed by atoms with Gasteiger partial charge in [0.25, 0.3) is 0 Å². The highest BCUT2D eigenvalue weighted by Gasteiger charge is 2.43. The first-order valence-corrected chi connectivity index (χ1v) is 8.38. The highest BCUT2D eigenvalue weighted by Crippen LogP contribution is 2.39. The zero-order chi connectivity index (χ0) is 13.7. The summed E-state index contributed by atoms with van der Waals surface area (Å²) in [7, 11) is 1.68. The van der Waals surface area contributed by atoms with Crippen molar-refractivity contribution >= 4 is 17.7 Å². The lowest BCUT2D eigenvalue weighted by molar-refractivity contribution is -0.140. The van der Waals surface area contributed by atoms with E-state index in [0.29, 0.717) is 18.3 Å². The summed E-state index contributed by atoms with van der Waals surface area (Å²) in [6.07, 6.45) is 5.07. The quantitative estimate of drug-likeness (QED) is 0.779. The van der Waals surface area contributed by atoms with E-state index in [1.165, 1.54) is 6.42 Å². The fourth-order valence-corrected chi connectivity index (χ4v) is 3.98. The molecule has 0 radical (unpaired) electrons. The number of fused-ring (bicyclic) bond motifs is 1. The molecule has 1 N–H and O–H groups in total. The van der Waals surface area contributed by atoms with Crippen LogP contribution in [0, 0.1) is 5.92 Å². The van der Waals surface area contributed by atoms with Crippen LogP contribution in [-0.4, -0.2) is 59.8 Å². The van der Waals surface area contributed by atoms with E-state index < -0.39 is 5.60 Å². The number of methoxy groups -OCH3 is 1.